The maximum Gasteiger partial charge on any atom is 0.330 e. The Balaban J connectivity index is 1.39. The van der Waals surface area contributed by atoms with Gasteiger partial charge < -0.3 is 4.57 Å². The highest BCUT2D eigenvalue weighted by molar-refractivity contribution is 5.80. The van der Waals surface area contributed by atoms with Crippen LogP contribution in [0, 0.1) is 5.92 Å². The number of aromatic amines is 2. The standard InChI is InChI=1S/C26H26N8O2/c1-15(2)23-27-24-21(25(35)28-26(36)34(24)14-16-7-8-16)33(23)13-17-9-11-18(12-10-17)19-5-3-4-6-20(19)22-29-31-32-30-22/h3-6,9-12,15-16H,7-8,13-14H2,1-2H3,(H,28,35,36)(H,29,30,31,32). The van der Waals surface area contributed by atoms with Gasteiger partial charge in [0.1, 0.15) is 5.82 Å². The summed E-state index contributed by atoms with van der Waals surface area (Å²) in [5.41, 5.74) is 4.08. The van der Waals surface area contributed by atoms with Gasteiger partial charge in [0, 0.05) is 24.6 Å². The largest absolute Gasteiger partial charge is 0.330 e. The van der Waals surface area contributed by atoms with Gasteiger partial charge in [0.05, 0.1) is 0 Å². The summed E-state index contributed by atoms with van der Waals surface area (Å²) < 4.78 is 3.58. The summed E-state index contributed by atoms with van der Waals surface area (Å²) in [5.74, 6) is 1.89. The molecule has 182 valence electrons. The van der Waals surface area contributed by atoms with E-state index in [0.29, 0.717) is 36.0 Å². The smallest absolute Gasteiger partial charge is 0.317 e. The maximum absolute atomic E-state index is 12.9. The third kappa shape index (κ3) is 3.94. The second kappa shape index (κ2) is 8.71. The van der Waals surface area contributed by atoms with Gasteiger partial charge in [0.15, 0.2) is 11.2 Å². The highest BCUT2D eigenvalue weighted by Crippen LogP contribution is 2.32. The van der Waals surface area contributed by atoms with E-state index in [4.69, 9.17) is 4.98 Å². The molecule has 3 aromatic heterocycles. The van der Waals surface area contributed by atoms with E-state index in [1.54, 1.807) is 4.57 Å². The summed E-state index contributed by atoms with van der Waals surface area (Å²) in [7, 11) is 0. The highest BCUT2D eigenvalue weighted by atomic mass is 16.2. The number of hydrogen-bond acceptors (Lipinski definition) is 6. The lowest BCUT2D eigenvalue weighted by Crippen LogP contribution is -2.31. The average molecular weight is 483 g/mol. The van der Waals surface area contributed by atoms with Crippen LogP contribution in [0.25, 0.3) is 33.7 Å². The van der Waals surface area contributed by atoms with Crippen molar-refractivity contribution >= 4 is 11.2 Å². The van der Waals surface area contributed by atoms with Crippen molar-refractivity contribution in [3.63, 3.8) is 0 Å². The van der Waals surface area contributed by atoms with Crippen LogP contribution in [0.5, 0.6) is 0 Å². The molecule has 6 rings (SSSR count). The highest BCUT2D eigenvalue weighted by Gasteiger charge is 2.26. The Labute approximate surface area is 206 Å². The first-order valence-corrected chi connectivity index (χ1v) is 12.1. The Morgan fingerprint density at radius 1 is 1.00 bits per heavy atom. The normalized spacial score (nSPS) is 13.6. The van der Waals surface area contributed by atoms with Crippen LogP contribution in [-0.2, 0) is 13.1 Å². The minimum atomic E-state index is -0.396. The summed E-state index contributed by atoms with van der Waals surface area (Å²) in [6.45, 7) is 5.16. The predicted molar refractivity (Wildman–Crippen MR) is 136 cm³/mol. The topological polar surface area (TPSA) is 127 Å². The van der Waals surface area contributed by atoms with Gasteiger partial charge in [0.2, 0.25) is 5.82 Å². The van der Waals surface area contributed by atoms with E-state index in [1.165, 1.54) is 0 Å². The molecule has 0 bridgehead atoms. The van der Waals surface area contributed by atoms with Gasteiger partial charge >= 0.3 is 5.69 Å². The molecule has 0 spiro atoms. The second-order valence-corrected chi connectivity index (χ2v) is 9.67. The lowest BCUT2D eigenvalue weighted by molar-refractivity contribution is 0.606. The first kappa shape index (κ1) is 22.1. The fourth-order valence-electron chi connectivity index (χ4n) is 4.70. The van der Waals surface area contributed by atoms with E-state index in [-0.39, 0.29) is 11.6 Å². The van der Waals surface area contributed by atoms with Gasteiger partial charge in [-0.05, 0) is 40.7 Å². The zero-order valence-corrected chi connectivity index (χ0v) is 20.1. The van der Waals surface area contributed by atoms with E-state index in [2.05, 4.69) is 37.7 Å². The molecule has 3 heterocycles. The fourth-order valence-corrected chi connectivity index (χ4v) is 4.70. The van der Waals surface area contributed by atoms with E-state index in [9.17, 15) is 9.59 Å². The van der Waals surface area contributed by atoms with Gasteiger partial charge in [-0.1, -0.05) is 62.4 Å². The predicted octanol–water partition coefficient (Wildman–Crippen LogP) is 3.32. The molecular weight excluding hydrogens is 456 g/mol. The van der Waals surface area contributed by atoms with Gasteiger partial charge in [-0.15, -0.1) is 10.2 Å². The minimum absolute atomic E-state index is 0.0855. The molecule has 2 aromatic carbocycles. The van der Waals surface area contributed by atoms with Crippen LogP contribution in [-0.4, -0.2) is 39.7 Å². The van der Waals surface area contributed by atoms with E-state index in [0.717, 1.165) is 40.9 Å². The molecule has 10 nitrogen and oxygen atoms in total. The molecule has 0 amide bonds. The quantitative estimate of drug-likeness (QED) is 0.366. The lowest BCUT2D eigenvalue weighted by Gasteiger charge is -2.12. The molecule has 1 aliphatic carbocycles. The first-order chi connectivity index (χ1) is 17.5. The zero-order chi connectivity index (χ0) is 24.8. The molecule has 0 radical (unpaired) electrons. The number of tetrazole rings is 1. The molecule has 1 saturated carbocycles. The number of nitrogens with one attached hydrogen (secondary N) is 2. The minimum Gasteiger partial charge on any atom is -0.317 e. The summed E-state index contributed by atoms with van der Waals surface area (Å²) in [5, 5.41) is 14.4. The van der Waals surface area contributed by atoms with Crippen LogP contribution in [0.4, 0.5) is 0 Å². The molecular formula is C26H26N8O2. The summed E-state index contributed by atoms with van der Waals surface area (Å²) in [6.07, 6.45) is 2.21. The Hall–Kier alpha value is -4.34. The number of hydrogen-bond donors (Lipinski definition) is 2. The number of H-pyrrole nitrogens is 2. The van der Waals surface area contributed by atoms with Crippen LogP contribution in [0.3, 0.4) is 0 Å². The van der Waals surface area contributed by atoms with Crippen molar-refractivity contribution in [1.82, 2.24) is 39.7 Å². The summed E-state index contributed by atoms with van der Waals surface area (Å²) in [4.78, 5) is 32.8. The van der Waals surface area contributed by atoms with Gasteiger partial charge in [-0.2, -0.15) is 5.21 Å². The molecule has 0 aliphatic heterocycles. The van der Waals surface area contributed by atoms with Gasteiger partial charge in [-0.25, -0.2) is 9.78 Å². The number of nitrogens with zero attached hydrogens (tertiary/aromatic N) is 6. The molecule has 0 unspecified atom stereocenters. The van der Waals surface area contributed by atoms with E-state index >= 15 is 0 Å². The van der Waals surface area contributed by atoms with Crippen molar-refractivity contribution in [2.24, 2.45) is 5.92 Å². The van der Waals surface area contributed by atoms with Crippen LogP contribution in [0.2, 0.25) is 0 Å². The van der Waals surface area contributed by atoms with Crippen molar-refractivity contribution in [2.75, 3.05) is 0 Å². The SMILES string of the molecule is CC(C)c1nc2c(c(=O)[nH]c(=O)n2CC2CC2)n1Cc1ccc(-c2ccccc2-c2nn[nH]n2)cc1. The molecule has 0 atom stereocenters. The van der Waals surface area contributed by atoms with Gasteiger partial charge in [0.25, 0.3) is 5.56 Å². The monoisotopic (exact) mass is 482 g/mol. The number of fused-ring (bicyclic) bond motifs is 1. The van der Waals surface area contributed by atoms with Crippen LogP contribution in [0.15, 0.2) is 58.1 Å². The summed E-state index contributed by atoms with van der Waals surface area (Å²) in [6, 6.07) is 16.1. The number of rotatable bonds is 7. The molecule has 0 saturated heterocycles. The summed E-state index contributed by atoms with van der Waals surface area (Å²) >= 11 is 0. The fraction of sp³-hybridized carbons (Fsp3) is 0.308. The zero-order valence-electron chi connectivity index (χ0n) is 20.1. The van der Waals surface area contributed by atoms with Crippen LogP contribution < -0.4 is 11.2 Å². The third-order valence-corrected chi connectivity index (χ3v) is 6.69. The van der Waals surface area contributed by atoms with Crippen LogP contribution >= 0.6 is 0 Å². The van der Waals surface area contributed by atoms with Crippen molar-refractivity contribution in [1.29, 1.82) is 0 Å². The molecule has 1 aliphatic rings. The van der Waals surface area contributed by atoms with Crippen LogP contribution in [0.1, 0.15) is 44.0 Å². The van der Waals surface area contributed by atoms with Gasteiger partial charge in [-0.3, -0.25) is 14.3 Å². The Kier molecular flexibility index (Phi) is 5.36. The van der Waals surface area contributed by atoms with Crippen molar-refractivity contribution < 1.29 is 0 Å². The van der Waals surface area contributed by atoms with E-state index < -0.39 is 5.56 Å². The second-order valence-electron chi connectivity index (χ2n) is 9.67. The van der Waals surface area contributed by atoms with Crippen molar-refractivity contribution in [3.8, 4) is 22.5 Å². The molecule has 2 N–H and O–H groups in total. The van der Waals surface area contributed by atoms with Crippen molar-refractivity contribution in [3.05, 3.63) is 80.8 Å². The molecule has 10 heteroatoms. The number of imidazole rings is 1. The van der Waals surface area contributed by atoms with E-state index in [1.807, 2.05) is 54.8 Å². The Morgan fingerprint density at radius 2 is 1.75 bits per heavy atom. The maximum atomic E-state index is 12.9. The molecule has 36 heavy (non-hydrogen) atoms. The van der Waals surface area contributed by atoms with Crippen molar-refractivity contribution in [2.45, 2.75) is 45.7 Å². The number of benzene rings is 2. The first-order valence-electron chi connectivity index (χ1n) is 12.1. The average Bonchev–Trinajstić information content (AvgIpc) is 3.36. The molecule has 1 fully saturated rings. The third-order valence-electron chi connectivity index (χ3n) is 6.69. The molecule has 5 aromatic rings. The Morgan fingerprint density at radius 3 is 2.42 bits per heavy atom. The number of aromatic nitrogens is 8. The lowest BCUT2D eigenvalue weighted by atomic mass is 9.98. The Bertz CT molecular complexity index is 1660.